The van der Waals surface area contributed by atoms with Gasteiger partial charge in [0.1, 0.15) is 0 Å². The molecule has 1 aromatic carbocycles. The summed E-state index contributed by atoms with van der Waals surface area (Å²) in [5, 5.41) is 8.50. The molecule has 6 heteroatoms. The highest BCUT2D eigenvalue weighted by molar-refractivity contribution is 5.90. The minimum atomic E-state index is -0.539. The number of aliphatic hydroxyl groups is 1. The molecule has 3 N–H and O–H groups in total. The van der Waals surface area contributed by atoms with Crippen molar-refractivity contribution in [2.45, 2.75) is 0 Å². The van der Waals surface area contributed by atoms with Gasteiger partial charge in [-0.05, 0) is 6.07 Å². The third-order valence-corrected chi connectivity index (χ3v) is 2.32. The number of carbonyl (C=O) groups excluding carboxylic acids is 1. The maximum atomic E-state index is 11.3. The van der Waals surface area contributed by atoms with Gasteiger partial charge in [-0.1, -0.05) is 18.2 Å². The summed E-state index contributed by atoms with van der Waals surface area (Å²) < 4.78 is 10.3. The lowest BCUT2D eigenvalue weighted by atomic mass is 10.3. The van der Waals surface area contributed by atoms with Gasteiger partial charge in [0.25, 0.3) is 0 Å². The topological polar surface area (TPSA) is 85.0 Å². The van der Waals surface area contributed by atoms with Crippen molar-refractivity contribution in [3.05, 3.63) is 30.3 Å². The number of urea groups is 1. The summed E-state index contributed by atoms with van der Waals surface area (Å²) >= 11 is 0. The molecule has 1 aromatic rings. The minimum absolute atomic E-state index is 0.000699. The zero-order valence-corrected chi connectivity index (χ0v) is 10.7. The summed E-state index contributed by atoms with van der Waals surface area (Å²) in [6.45, 7) is 1.83. The van der Waals surface area contributed by atoms with Crippen LogP contribution in [0.2, 0.25) is 0 Å². The third-order valence-electron chi connectivity index (χ3n) is 2.32. The lowest BCUT2D eigenvalue weighted by Crippen LogP contribution is -2.38. The number of para-hydroxylation sites is 1. The largest absolute Gasteiger partial charge is 0.394 e. The summed E-state index contributed by atoms with van der Waals surface area (Å²) in [6, 6.07) is 9.50. The quantitative estimate of drug-likeness (QED) is 0.634. The van der Waals surface area contributed by atoms with E-state index in [0.29, 0.717) is 38.7 Å². The highest BCUT2D eigenvalue weighted by atomic mass is 16.5. The smallest absolute Gasteiger partial charge is 0.319 e. The molecule has 0 bridgehead atoms. The van der Waals surface area contributed by atoms with Gasteiger partial charge in [0.15, 0.2) is 0 Å². The Bertz CT molecular complexity index is 359. The van der Waals surface area contributed by atoms with Crippen LogP contribution in [0.3, 0.4) is 0 Å². The fourth-order valence-corrected chi connectivity index (χ4v) is 1.44. The van der Waals surface area contributed by atoms with Crippen molar-refractivity contribution in [2.24, 2.45) is 5.73 Å². The molecule has 1 rings (SSSR count). The summed E-state index contributed by atoms with van der Waals surface area (Å²) in [5.74, 6) is 0. The average Bonchev–Trinajstić information content (AvgIpc) is 2.42. The number of aliphatic hydroxyl groups excluding tert-OH is 1. The van der Waals surface area contributed by atoms with Crippen LogP contribution in [0, 0.1) is 6.07 Å². The molecule has 0 heterocycles. The van der Waals surface area contributed by atoms with E-state index in [1.807, 2.05) is 12.1 Å². The summed E-state index contributed by atoms with van der Waals surface area (Å²) in [7, 11) is 0. The predicted octanol–water partition coefficient (Wildman–Crippen LogP) is 0.397. The molecule has 2 amide bonds. The normalized spacial score (nSPS) is 10.4. The number of nitrogens with two attached hydrogens (primary N) is 1. The highest BCUT2D eigenvalue weighted by Gasteiger charge is 2.11. The number of hydrogen-bond acceptors (Lipinski definition) is 4. The van der Waals surface area contributed by atoms with Gasteiger partial charge in [-0.2, -0.15) is 0 Å². The molecule has 19 heavy (non-hydrogen) atoms. The average molecular weight is 267 g/mol. The monoisotopic (exact) mass is 267 g/mol. The van der Waals surface area contributed by atoms with E-state index in [2.05, 4.69) is 6.07 Å². The van der Waals surface area contributed by atoms with E-state index in [-0.39, 0.29) is 6.61 Å². The maximum Gasteiger partial charge on any atom is 0.319 e. The Morgan fingerprint density at radius 2 is 2.00 bits per heavy atom. The van der Waals surface area contributed by atoms with Gasteiger partial charge in [-0.3, -0.25) is 4.90 Å². The van der Waals surface area contributed by atoms with E-state index >= 15 is 0 Å². The fourth-order valence-electron chi connectivity index (χ4n) is 1.44. The van der Waals surface area contributed by atoms with Crippen molar-refractivity contribution in [1.82, 2.24) is 0 Å². The molecular weight excluding hydrogens is 248 g/mol. The highest BCUT2D eigenvalue weighted by Crippen LogP contribution is 2.11. The van der Waals surface area contributed by atoms with Gasteiger partial charge in [0.2, 0.25) is 0 Å². The number of amides is 2. The standard InChI is InChI=1S/C13H19N2O4/c14-13(17)15(12-4-2-1-3-5-12)6-8-18-10-11-19-9-7-16/h1-4,16H,6-11H2,(H2,14,17). The first-order valence-electron chi connectivity index (χ1n) is 6.05. The number of benzene rings is 1. The van der Waals surface area contributed by atoms with Crippen molar-refractivity contribution in [1.29, 1.82) is 0 Å². The van der Waals surface area contributed by atoms with E-state index in [1.54, 1.807) is 12.1 Å². The van der Waals surface area contributed by atoms with Crippen molar-refractivity contribution >= 4 is 11.7 Å². The Morgan fingerprint density at radius 1 is 1.26 bits per heavy atom. The zero-order valence-electron chi connectivity index (χ0n) is 10.7. The van der Waals surface area contributed by atoms with E-state index < -0.39 is 6.03 Å². The van der Waals surface area contributed by atoms with Gasteiger partial charge >= 0.3 is 6.03 Å². The molecule has 0 aromatic heterocycles. The van der Waals surface area contributed by atoms with Crippen LogP contribution in [0.4, 0.5) is 10.5 Å². The summed E-state index contributed by atoms with van der Waals surface area (Å²) in [6.07, 6.45) is 0. The van der Waals surface area contributed by atoms with Crippen molar-refractivity contribution in [3.8, 4) is 0 Å². The molecule has 0 aliphatic rings. The molecule has 0 unspecified atom stereocenters. The molecule has 6 nitrogen and oxygen atoms in total. The minimum Gasteiger partial charge on any atom is -0.394 e. The molecule has 0 fully saturated rings. The molecule has 0 atom stereocenters. The lowest BCUT2D eigenvalue weighted by Gasteiger charge is -2.20. The molecule has 0 spiro atoms. The number of primary amides is 1. The Hall–Kier alpha value is -1.63. The van der Waals surface area contributed by atoms with Crippen LogP contribution in [0.1, 0.15) is 0 Å². The molecule has 1 radical (unpaired) electrons. The van der Waals surface area contributed by atoms with Crippen LogP contribution in [-0.4, -0.2) is 50.7 Å². The van der Waals surface area contributed by atoms with Gasteiger partial charge in [-0.15, -0.1) is 0 Å². The van der Waals surface area contributed by atoms with Crippen LogP contribution in [0.25, 0.3) is 0 Å². The number of hydrogen-bond donors (Lipinski definition) is 2. The molecule has 0 saturated heterocycles. The Kier molecular flexibility index (Phi) is 7.57. The first-order valence-corrected chi connectivity index (χ1v) is 6.05. The molecular formula is C13H19N2O4. The SMILES string of the molecule is NC(=O)N(CCOCCOCCO)c1[c]cccc1. The Labute approximate surface area is 112 Å². The summed E-state index contributed by atoms with van der Waals surface area (Å²) in [4.78, 5) is 12.7. The van der Waals surface area contributed by atoms with Gasteiger partial charge in [0.05, 0.1) is 45.3 Å². The zero-order chi connectivity index (χ0) is 13.9. The fraction of sp³-hybridized carbons (Fsp3) is 0.462. The number of anilines is 1. The second kappa shape index (κ2) is 9.32. The van der Waals surface area contributed by atoms with Crippen molar-refractivity contribution in [3.63, 3.8) is 0 Å². The van der Waals surface area contributed by atoms with Crippen LogP contribution in [-0.2, 0) is 9.47 Å². The lowest BCUT2D eigenvalue weighted by molar-refractivity contribution is 0.0353. The van der Waals surface area contributed by atoms with Crippen LogP contribution in [0.5, 0.6) is 0 Å². The number of carbonyl (C=O) groups is 1. The van der Waals surface area contributed by atoms with E-state index in [1.165, 1.54) is 4.90 Å². The Morgan fingerprint density at radius 3 is 2.58 bits per heavy atom. The molecule has 0 aliphatic carbocycles. The second-order valence-corrected chi connectivity index (χ2v) is 3.69. The van der Waals surface area contributed by atoms with Crippen molar-refractivity contribution in [2.75, 3.05) is 44.5 Å². The first-order chi connectivity index (χ1) is 9.25. The Balaban J connectivity index is 2.26. The maximum absolute atomic E-state index is 11.3. The van der Waals surface area contributed by atoms with E-state index in [9.17, 15) is 4.79 Å². The number of ether oxygens (including phenoxy) is 2. The van der Waals surface area contributed by atoms with E-state index in [4.69, 9.17) is 20.3 Å². The van der Waals surface area contributed by atoms with Gasteiger partial charge in [0, 0.05) is 6.07 Å². The van der Waals surface area contributed by atoms with Crippen LogP contribution in [0.15, 0.2) is 24.3 Å². The predicted molar refractivity (Wildman–Crippen MR) is 70.9 cm³/mol. The van der Waals surface area contributed by atoms with Crippen LogP contribution >= 0.6 is 0 Å². The number of nitrogens with zero attached hydrogens (tertiary/aromatic N) is 1. The van der Waals surface area contributed by atoms with Crippen LogP contribution < -0.4 is 10.6 Å². The first kappa shape index (κ1) is 15.4. The van der Waals surface area contributed by atoms with Crippen molar-refractivity contribution < 1.29 is 19.4 Å². The van der Waals surface area contributed by atoms with Gasteiger partial charge in [-0.25, -0.2) is 4.79 Å². The molecule has 0 saturated carbocycles. The molecule has 0 aliphatic heterocycles. The second-order valence-electron chi connectivity index (χ2n) is 3.69. The summed E-state index contributed by atoms with van der Waals surface area (Å²) in [5.41, 5.74) is 5.93. The third kappa shape index (κ3) is 6.19. The van der Waals surface area contributed by atoms with E-state index in [0.717, 1.165) is 0 Å². The molecule has 105 valence electrons. The number of rotatable bonds is 9. The van der Waals surface area contributed by atoms with Gasteiger partial charge < -0.3 is 20.3 Å².